The molecule has 0 spiro atoms. The maximum absolute atomic E-state index is 10.4. The van der Waals surface area contributed by atoms with Gasteiger partial charge in [-0.05, 0) is 32.5 Å². The lowest BCUT2D eigenvalue weighted by Crippen LogP contribution is -2.41. The van der Waals surface area contributed by atoms with E-state index in [-0.39, 0.29) is 5.92 Å². The van der Waals surface area contributed by atoms with Crippen LogP contribution in [0.1, 0.15) is 19.8 Å². The molecule has 1 saturated heterocycles. The number of likely N-dealkylation sites (tertiary alicyclic amines) is 1. The molecule has 0 aromatic heterocycles. The number of nitrogens with zero attached hydrogens (tertiary/aromatic N) is 1. The first kappa shape index (κ1) is 8.53. The number of rotatable bonds is 2. The van der Waals surface area contributed by atoms with E-state index in [2.05, 4.69) is 11.8 Å². The van der Waals surface area contributed by atoms with E-state index in [1.165, 1.54) is 0 Å². The zero-order valence-electron chi connectivity index (χ0n) is 6.88. The highest BCUT2D eigenvalue weighted by Crippen LogP contribution is 2.15. The normalized spacial score (nSPS) is 21.9. The van der Waals surface area contributed by atoms with Gasteiger partial charge in [-0.15, -0.1) is 0 Å². The van der Waals surface area contributed by atoms with Gasteiger partial charge >= 0.3 is 0 Å². The van der Waals surface area contributed by atoms with E-state index in [0.29, 0.717) is 0 Å². The van der Waals surface area contributed by atoms with Gasteiger partial charge in [0.2, 0.25) is 0 Å². The predicted molar refractivity (Wildman–Crippen MR) is 39.8 cm³/mol. The number of hydrogen-bond acceptors (Lipinski definition) is 3. The van der Waals surface area contributed by atoms with Gasteiger partial charge in [-0.1, -0.05) is 6.92 Å². The van der Waals surface area contributed by atoms with Crippen LogP contribution in [0.4, 0.5) is 0 Å². The maximum atomic E-state index is 10.4. The SMILES string of the molecule is CCN1CCC(C(=O)[O-])CC1. The first-order valence-corrected chi connectivity index (χ1v) is 4.17. The zero-order valence-corrected chi connectivity index (χ0v) is 6.88. The summed E-state index contributed by atoms with van der Waals surface area (Å²) in [5, 5.41) is 10.4. The first-order valence-electron chi connectivity index (χ1n) is 4.17. The molecular weight excluding hydrogens is 142 g/mol. The van der Waals surface area contributed by atoms with Crippen LogP contribution in [0.25, 0.3) is 0 Å². The maximum Gasteiger partial charge on any atom is 0.0446 e. The topological polar surface area (TPSA) is 43.4 Å². The molecule has 1 fully saturated rings. The molecule has 0 amide bonds. The molecule has 0 N–H and O–H groups in total. The van der Waals surface area contributed by atoms with E-state index >= 15 is 0 Å². The van der Waals surface area contributed by atoms with Gasteiger partial charge < -0.3 is 14.8 Å². The molecular formula is C8H14NO2-. The van der Waals surface area contributed by atoms with E-state index in [1.807, 2.05) is 0 Å². The van der Waals surface area contributed by atoms with Gasteiger partial charge in [0.15, 0.2) is 0 Å². The Bertz CT molecular complexity index is 139. The highest BCUT2D eigenvalue weighted by molar-refractivity contribution is 5.67. The number of carbonyl (C=O) groups excluding carboxylic acids is 1. The van der Waals surface area contributed by atoms with Crippen molar-refractivity contribution in [3.63, 3.8) is 0 Å². The van der Waals surface area contributed by atoms with Crippen molar-refractivity contribution < 1.29 is 9.90 Å². The van der Waals surface area contributed by atoms with Crippen molar-refractivity contribution in [2.45, 2.75) is 19.8 Å². The summed E-state index contributed by atoms with van der Waals surface area (Å²) in [6.45, 7) is 4.95. The number of piperidine rings is 1. The molecule has 11 heavy (non-hydrogen) atoms. The molecule has 0 bridgehead atoms. The quantitative estimate of drug-likeness (QED) is 0.539. The number of carbonyl (C=O) groups is 1. The second-order valence-electron chi connectivity index (χ2n) is 3.03. The van der Waals surface area contributed by atoms with Gasteiger partial charge in [-0.2, -0.15) is 0 Å². The largest absolute Gasteiger partial charge is 0.550 e. The van der Waals surface area contributed by atoms with Crippen LogP contribution in [-0.2, 0) is 4.79 Å². The zero-order chi connectivity index (χ0) is 8.27. The summed E-state index contributed by atoms with van der Waals surface area (Å²) in [6, 6.07) is 0. The second-order valence-corrected chi connectivity index (χ2v) is 3.03. The molecule has 0 atom stereocenters. The smallest absolute Gasteiger partial charge is 0.0446 e. The molecule has 0 aliphatic carbocycles. The Morgan fingerprint density at radius 1 is 1.55 bits per heavy atom. The fourth-order valence-electron chi connectivity index (χ4n) is 1.48. The lowest BCUT2D eigenvalue weighted by atomic mass is 9.97. The third kappa shape index (κ3) is 2.19. The molecule has 3 nitrogen and oxygen atoms in total. The van der Waals surface area contributed by atoms with Gasteiger partial charge in [0.25, 0.3) is 0 Å². The van der Waals surface area contributed by atoms with Crippen molar-refractivity contribution in [1.82, 2.24) is 4.90 Å². The molecule has 3 heteroatoms. The number of aliphatic carboxylic acids is 1. The standard InChI is InChI=1S/C8H15NO2/c1-2-9-5-3-7(4-6-9)8(10)11/h7H,2-6H2,1H3,(H,10,11)/p-1. The van der Waals surface area contributed by atoms with Crippen molar-refractivity contribution in [1.29, 1.82) is 0 Å². The van der Waals surface area contributed by atoms with Crippen molar-refractivity contribution in [2.24, 2.45) is 5.92 Å². The van der Waals surface area contributed by atoms with Crippen LogP contribution < -0.4 is 5.11 Å². The molecule has 1 aliphatic heterocycles. The molecule has 0 unspecified atom stereocenters. The van der Waals surface area contributed by atoms with E-state index in [0.717, 1.165) is 32.5 Å². The van der Waals surface area contributed by atoms with E-state index < -0.39 is 5.97 Å². The molecule has 64 valence electrons. The fourth-order valence-corrected chi connectivity index (χ4v) is 1.48. The number of hydrogen-bond donors (Lipinski definition) is 0. The van der Waals surface area contributed by atoms with Crippen LogP contribution in [-0.4, -0.2) is 30.5 Å². The van der Waals surface area contributed by atoms with E-state index in [9.17, 15) is 9.90 Å². The molecule has 1 rings (SSSR count). The predicted octanol–water partition coefficient (Wildman–Crippen LogP) is -0.532. The summed E-state index contributed by atoms with van der Waals surface area (Å²) in [5.74, 6) is -1.07. The molecule has 0 aromatic carbocycles. The Kier molecular flexibility index (Phi) is 2.88. The lowest BCUT2D eigenvalue weighted by Gasteiger charge is -2.31. The number of carboxylic acid groups (broad SMARTS) is 1. The summed E-state index contributed by atoms with van der Waals surface area (Å²) in [6.07, 6.45) is 1.52. The van der Waals surface area contributed by atoms with Gasteiger partial charge in [0, 0.05) is 11.9 Å². The first-order chi connectivity index (χ1) is 5.24. The van der Waals surface area contributed by atoms with Crippen LogP contribution in [0.3, 0.4) is 0 Å². The van der Waals surface area contributed by atoms with Crippen LogP contribution in [0.5, 0.6) is 0 Å². The Balaban J connectivity index is 2.30. The summed E-state index contributed by atoms with van der Waals surface area (Å²) < 4.78 is 0. The van der Waals surface area contributed by atoms with Crippen molar-refractivity contribution >= 4 is 5.97 Å². The Morgan fingerprint density at radius 2 is 2.09 bits per heavy atom. The summed E-state index contributed by atoms with van der Waals surface area (Å²) >= 11 is 0. The van der Waals surface area contributed by atoms with Crippen LogP contribution in [0.15, 0.2) is 0 Å². The second kappa shape index (κ2) is 3.72. The molecule has 0 aromatic rings. The molecule has 1 heterocycles. The summed E-state index contributed by atoms with van der Waals surface area (Å²) in [4.78, 5) is 12.7. The van der Waals surface area contributed by atoms with Crippen molar-refractivity contribution in [3.8, 4) is 0 Å². The number of carboxylic acids is 1. The minimum absolute atomic E-state index is 0.196. The average Bonchev–Trinajstić information content (AvgIpc) is 2.05. The van der Waals surface area contributed by atoms with Gasteiger partial charge in [0.05, 0.1) is 0 Å². The van der Waals surface area contributed by atoms with Crippen LogP contribution >= 0.6 is 0 Å². The highest BCUT2D eigenvalue weighted by Gasteiger charge is 2.18. The third-order valence-electron chi connectivity index (χ3n) is 2.37. The van der Waals surface area contributed by atoms with Gasteiger partial charge in [-0.3, -0.25) is 0 Å². The van der Waals surface area contributed by atoms with E-state index in [4.69, 9.17) is 0 Å². The summed E-state index contributed by atoms with van der Waals surface area (Å²) in [5.41, 5.74) is 0. The molecule has 0 saturated carbocycles. The minimum atomic E-state index is -0.874. The van der Waals surface area contributed by atoms with Gasteiger partial charge in [-0.25, -0.2) is 0 Å². The fraction of sp³-hybridized carbons (Fsp3) is 0.875. The monoisotopic (exact) mass is 156 g/mol. The Hall–Kier alpha value is -0.570. The van der Waals surface area contributed by atoms with Crippen LogP contribution in [0.2, 0.25) is 0 Å². The van der Waals surface area contributed by atoms with E-state index in [1.54, 1.807) is 0 Å². The minimum Gasteiger partial charge on any atom is -0.550 e. The van der Waals surface area contributed by atoms with Crippen LogP contribution in [0, 0.1) is 5.92 Å². The van der Waals surface area contributed by atoms with Crippen molar-refractivity contribution in [2.75, 3.05) is 19.6 Å². The third-order valence-corrected chi connectivity index (χ3v) is 2.37. The average molecular weight is 156 g/mol. The Morgan fingerprint density at radius 3 is 2.45 bits per heavy atom. The lowest BCUT2D eigenvalue weighted by molar-refractivity contribution is -0.312. The van der Waals surface area contributed by atoms with Gasteiger partial charge in [0.1, 0.15) is 0 Å². The highest BCUT2D eigenvalue weighted by atomic mass is 16.4. The Labute approximate surface area is 67.0 Å². The molecule has 1 aliphatic rings. The van der Waals surface area contributed by atoms with Crippen molar-refractivity contribution in [3.05, 3.63) is 0 Å². The summed E-state index contributed by atoms with van der Waals surface area (Å²) in [7, 11) is 0. The molecule has 0 radical (unpaired) electrons.